The number of furan rings is 1. The minimum absolute atomic E-state index is 0.00497. The van der Waals surface area contributed by atoms with Crippen molar-refractivity contribution in [2.75, 3.05) is 11.9 Å². The molecule has 0 fully saturated rings. The number of anilines is 1. The maximum Gasteiger partial charge on any atom is 0.291 e. The summed E-state index contributed by atoms with van der Waals surface area (Å²) < 4.78 is 5.25. The predicted octanol–water partition coefficient (Wildman–Crippen LogP) is 4.41. The van der Waals surface area contributed by atoms with Gasteiger partial charge in [0.05, 0.1) is 6.26 Å². The van der Waals surface area contributed by atoms with Crippen LogP contribution in [-0.2, 0) is 13.0 Å². The summed E-state index contributed by atoms with van der Waals surface area (Å²) >= 11 is 1.75. The predicted molar refractivity (Wildman–Crippen MR) is 105 cm³/mol. The first-order valence-electron chi connectivity index (χ1n) is 8.84. The zero-order valence-electron chi connectivity index (χ0n) is 15.2. The summed E-state index contributed by atoms with van der Waals surface area (Å²) in [6, 6.07) is 9.25. The van der Waals surface area contributed by atoms with Gasteiger partial charge >= 0.3 is 0 Å². The quantitative estimate of drug-likeness (QED) is 0.732. The molecule has 2 aromatic heterocycles. The number of thiophene rings is 1. The first-order chi connectivity index (χ1) is 13.0. The van der Waals surface area contributed by atoms with Gasteiger partial charge in [0.2, 0.25) is 0 Å². The molecule has 1 aliphatic rings. The van der Waals surface area contributed by atoms with E-state index in [0.717, 1.165) is 17.5 Å². The third kappa shape index (κ3) is 3.28. The van der Waals surface area contributed by atoms with Gasteiger partial charge in [-0.15, -0.1) is 11.3 Å². The number of nitrogens with zero attached hydrogens (tertiary/aromatic N) is 1. The van der Waals surface area contributed by atoms with E-state index in [2.05, 4.69) is 16.8 Å². The molecule has 0 saturated heterocycles. The minimum Gasteiger partial charge on any atom is -0.459 e. The van der Waals surface area contributed by atoms with Crippen molar-refractivity contribution in [2.45, 2.75) is 26.8 Å². The standard InChI is InChI=1S/C21H20N2O3S/c1-13-7-10-26-19(13)20(24)22-17-5-3-4-16(14(17)2)21(25)23-9-6-18-15(12-23)8-11-27-18/h3-5,7-8,10-11H,6,9,12H2,1-2H3,(H,22,24). The van der Waals surface area contributed by atoms with Gasteiger partial charge in [0, 0.05) is 34.8 Å². The van der Waals surface area contributed by atoms with Crippen LogP contribution in [-0.4, -0.2) is 23.3 Å². The Bertz CT molecular complexity index is 1020. The number of carbonyl (C=O) groups is 2. The highest BCUT2D eigenvalue weighted by Gasteiger charge is 2.24. The Morgan fingerprint density at radius 1 is 1.19 bits per heavy atom. The Balaban J connectivity index is 1.56. The van der Waals surface area contributed by atoms with Gasteiger partial charge in [-0.3, -0.25) is 9.59 Å². The highest BCUT2D eigenvalue weighted by Crippen LogP contribution is 2.27. The van der Waals surface area contributed by atoms with Crippen LogP contribution in [0.15, 0.2) is 46.4 Å². The van der Waals surface area contributed by atoms with Crippen LogP contribution in [0.1, 0.15) is 42.5 Å². The van der Waals surface area contributed by atoms with E-state index < -0.39 is 0 Å². The van der Waals surface area contributed by atoms with E-state index >= 15 is 0 Å². The maximum atomic E-state index is 13.1. The fraction of sp³-hybridized carbons (Fsp3) is 0.238. The number of aryl methyl sites for hydroxylation is 1. The monoisotopic (exact) mass is 380 g/mol. The average Bonchev–Trinajstić information content (AvgIpc) is 3.30. The van der Waals surface area contributed by atoms with Crippen molar-refractivity contribution < 1.29 is 14.0 Å². The van der Waals surface area contributed by atoms with Crippen LogP contribution in [0.25, 0.3) is 0 Å². The van der Waals surface area contributed by atoms with E-state index in [-0.39, 0.29) is 17.6 Å². The van der Waals surface area contributed by atoms with Crippen LogP contribution in [0, 0.1) is 13.8 Å². The number of nitrogens with one attached hydrogen (secondary N) is 1. The molecule has 0 unspecified atom stereocenters. The van der Waals surface area contributed by atoms with Gasteiger partial charge in [-0.1, -0.05) is 6.07 Å². The van der Waals surface area contributed by atoms with Gasteiger partial charge in [-0.25, -0.2) is 0 Å². The molecule has 27 heavy (non-hydrogen) atoms. The molecule has 3 aromatic rings. The van der Waals surface area contributed by atoms with Crippen LogP contribution in [0.5, 0.6) is 0 Å². The molecule has 0 saturated carbocycles. The van der Waals surface area contributed by atoms with Gasteiger partial charge in [0.15, 0.2) is 5.76 Å². The molecular formula is C21H20N2O3S. The highest BCUT2D eigenvalue weighted by molar-refractivity contribution is 7.10. The summed E-state index contributed by atoms with van der Waals surface area (Å²) in [5.74, 6) is -0.0344. The third-order valence-electron chi connectivity index (χ3n) is 4.98. The van der Waals surface area contributed by atoms with E-state index in [0.29, 0.717) is 24.3 Å². The molecule has 138 valence electrons. The minimum atomic E-state index is -0.314. The van der Waals surface area contributed by atoms with Crippen LogP contribution in [0.3, 0.4) is 0 Å². The SMILES string of the molecule is Cc1ccoc1C(=O)Nc1cccc(C(=O)N2CCc3sccc3C2)c1C. The van der Waals surface area contributed by atoms with Crippen molar-refractivity contribution in [3.8, 4) is 0 Å². The van der Waals surface area contributed by atoms with Crippen molar-refractivity contribution >= 4 is 28.8 Å². The largest absolute Gasteiger partial charge is 0.459 e. The van der Waals surface area contributed by atoms with Crippen molar-refractivity contribution in [3.05, 3.63) is 74.9 Å². The van der Waals surface area contributed by atoms with Gasteiger partial charge in [0.25, 0.3) is 11.8 Å². The normalized spacial score (nSPS) is 13.3. The lowest BCUT2D eigenvalue weighted by atomic mass is 10.0. The van der Waals surface area contributed by atoms with Crippen LogP contribution in [0.2, 0.25) is 0 Å². The van der Waals surface area contributed by atoms with Crippen LogP contribution in [0.4, 0.5) is 5.69 Å². The summed E-state index contributed by atoms with van der Waals surface area (Å²) in [5, 5.41) is 4.94. The second kappa shape index (κ2) is 7.04. The summed E-state index contributed by atoms with van der Waals surface area (Å²) in [4.78, 5) is 28.8. The molecule has 0 bridgehead atoms. The van der Waals surface area contributed by atoms with Gasteiger partial charge in [-0.05, 0) is 61.0 Å². The Morgan fingerprint density at radius 3 is 2.81 bits per heavy atom. The number of amides is 2. The lowest BCUT2D eigenvalue weighted by molar-refractivity contribution is 0.0735. The molecular weight excluding hydrogens is 360 g/mol. The molecule has 2 amide bonds. The molecule has 1 aromatic carbocycles. The number of hydrogen-bond donors (Lipinski definition) is 1. The van der Waals surface area contributed by atoms with Crippen molar-refractivity contribution in [3.63, 3.8) is 0 Å². The molecule has 1 aliphatic heterocycles. The average molecular weight is 380 g/mol. The Labute approximate surface area is 161 Å². The Hall–Kier alpha value is -2.86. The number of rotatable bonds is 3. The van der Waals surface area contributed by atoms with E-state index in [4.69, 9.17) is 4.42 Å². The number of carbonyl (C=O) groups excluding carboxylic acids is 2. The second-order valence-corrected chi connectivity index (χ2v) is 7.71. The summed E-state index contributed by atoms with van der Waals surface area (Å²) in [7, 11) is 0. The molecule has 3 heterocycles. The zero-order chi connectivity index (χ0) is 19.0. The summed E-state index contributed by atoms with van der Waals surface area (Å²) in [5.41, 5.74) is 4.00. The zero-order valence-corrected chi connectivity index (χ0v) is 16.1. The maximum absolute atomic E-state index is 13.1. The van der Waals surface area contributed by atoms with E-state index in [1.165, 1.54) is 16.7 Å². The third-order valence-corrected chi connectivity index (χ3v) is 6.00. The summed E-state index contributed by atoms with van der Waals surface area (Å²) in [6.07, 6.45) is 2.39. The molecule has 4 rings (SSSR count). The topological polar surface area (TPSA) is 62.6 Å². The molecule has 0 radical (unpaired) electrons. The van der Waals surface area contributed by atoms with Gasteiger partial charge in [0.1, 0.15) is 0 Å². The fourth-order valence-electron chi connectivity index (χ4n) is 3.38. The van der Waals surface area contributed by atoms with E-state index in [1.807, 2.05) is 24.8 Å². The summed E-state index contributed by atoms with van der Waals surface area (Å²) in [6.45, 7) is 5.03. The van der Waals surface area contributed by atoms with E-state index in [9.17, 15) is 9.59 Å². The van der Waals surface area contributed by atoms with Crippen molar-refractivity contribution in [1.82, 2.24) is 4.90 Å². The van der Waals surface area contributed by atoms with Crippen LogP contribution >= 0.6 is 11.3 Å². The van der Waals surface area contributed by atoms with Gasteiger partial charge < -0.3 is 14.6 Å². The number of benzene rings is 1. The first-order valence-corrected chi connectivity index (χ1v) is 9.72. The Kier molecular flexibility index (Phi) is 4.58. The fourth-order valence-corrected chi connectivity index (χ4v) is 4.27. The number of fused-ring (bicyclic) bond motifs is 1. The van der Waals surface area contributed by atoms with Gasteiger partial charge in [-0.2, -0.15) is 0 Å². The van der Waals surface area contributed by atoms with Crippen LogP contribution < -0.4 is 5.32 Å². The molecule has 5 nitrogen and oxygen atoms in total. The molecule has 0 spiro atoms. The molecule has 1 N–H and O–H groups in total. The molecule has 6 heteroatoms. The highest BCUT2D eigenvalue weighted by atomic mass is 32.1. The second-order valence-electron chi connectivity index (χ2n) is 6.71. The Morgan fingerprint density at radius 2 is 2.04 bits per heavy atom. The smallest absolute Gasteiger partial charge is 0.291 e. The molecule has 0 atom stereocenters. The van der Waals surface area contributed by atoms with Crippen molar-refractivity contribution in [2.24, 2.45) is 0 Å². The first kappa shape index (κ1) is 17.5. The number of hydrogen-bond acceptors (Lipinski definition) is 4. The van der Waals surface area contributed by atoms with Crippen molar-refractivity contribution in [1.29, 1.82) is 0 Å². The lowest BCUT2D eigenvalue weighted by Gasteiger charge is -2.28. The molecule has 0 aliphatic carbocycles. The lowest BCUT2D eigenvalue weighted by Crippen LogP contribution is -2.35. The van der Waals surface area contributed by atoms with E-state index in [1.54, 1.807) is 29.5 Å².